The Hall–Kier alpha value is -2.33. The summed E-state index contributed by atoms with van der Waals surface area (Å²) in [5.74, 6) is -0.203. The van der Waals surface area contributed by atoms with Gasteiger partial charge in [-0.3, -0.25) is 0 Å². The van der Waals surface area contributed by atoms with Crippen molar-refractivity contribution in [3.05, 3.63) is 64.2 Å². The van der Waals surface area contributed by atoms with Crippen molar-refractivity contribution in [1.82, 2.24) is 0 Å². The average Bonchev–Trinajstić information content (AvgIpc) is 2.61. The SMILES string of the molecule is Cc1cc(OC(=O)c2ccccc2C(=O)OCCCC(C)C)ccc1Cl. The average molecular weight is 375 g/mol. The van der Waals surface area contributed by atoms with Crippen LogP contribution in [0.15, 0.2) is 42.5 Å². The maximum atomic E-state index is 12.5. The fourth-order valence-electron chi connectivity index (χ4n) is 2.42. The van der Waals surface area contributed by atoms with Gasteiger partial charge in [0.2, 0.25) is 0 Å². The zero-order valence-corrected chi connectivity index (χ0v) is 16.0. The van der Waals surface area contributed by atoms with Crippen LogP contribution in [0.4, 0.5) is 0 Å². The van der Waals surface area contributed by atoms with E-state index in [1.165, 1.54) is 0 Å². The molecule has 0 bridgehead atoms. The summed E-state index contributed by atoms with van der Waals surface area (Å²) in [6.07, 6.45) is 1.77. The maximum Gasteiger partial charge on any atom is 0.344 e. The molecule has 0 heterocycles. The first-order valence-corrected chi connectivity index (χ1v) is 9.00. The smallest absolute Gasteiger partial charge is 0.344 e. The second-order valence-electron chi connectivity index (χ2n) is 6.52. The second kappa shape index (κ2) is 9.39. The predicted molar refractivity (Wildman–Crippen MR) is 102 cm³/mol. The summed E-state index contributed by atoms with van der Waals surface area (Å²) in [7, 11) is 0. The van der Waals surface area contributed by atoms with Gasteiger partial charge in [-0.25, -0.2) is 9.59 Å². The molecule has 0 saturated heterocycles. The van der Waals surface area contributed by atoms with Gasteiger partial charge in [-0.05, 0) is 61.6 Å². The van der Waals surface area contributed by atoms with Gasteiger partial charge in [0.15, 0.2) is 0 Å². The lowest BCUT2D eigenvalue weighted by molar-refractivity contribution is 0.0486. The number of carbonyl (C=O) groups is 2. The molecule has 0 aliphatic heterocycles. The molecule has 5 heteroatoms. The first kappa shape index (κ1) is 20.0. The molecule has 138 valence electrons. The van der Waals surface area contributed by atoms with E-state index in [2.05, 4.69) is 13.8 Å². The van der Waals surface area contributed by atoms with Crippen molar-refractivity contribution in [2.24, 2.45) is 5.92 Å². The van der Waals surface area contributed by atoms with E-state index in [1.54, 1.807) is 42.5 Å². The summed E-state index contributed by atoms with van der Waals surface area (Å²) in [6.45, 7) is 6.39. The van der Waals surface area contributed by atoms with Gasteiger partial charge in [-0.2, -0.15) is 0 Å². The molecule has 0 atom stereocenters. The van der Waals surface area contributed by atoms with Crippen LogP contribution in [-0.4, -0.2) is 18.5 Å². The van der Waals surface area contributed by atoms with E-state index in [0.29, 0.717) is 23.3 Å². The molecule has 0 radical (unpaired) electrons. The molecule has 26 heavy (non-hydrogen) atoms. The van der Waals surface area contributed by atoms with Gasteiger partial charge in [0.1, 0.15) is 5.75 Å². The number of aryl methyl sites for hydroxylation is 1. The molecule has 0 aromatic heterocycles. The summed E-state index contributed by atoms with van der Waals surface area (Å²) >= 11 is 5.98. The Morgan fingerprint density at radius 3 is 2.31 bits per heavy atom. The second-order valence-corrected chi connectivity index (χ2v) is 6.93. The number of halogens is 1. The van der Waals surface area contributed by atoms with Crippen molar-refractivity contribution in [2.75, 3.05) is 6.61 Å². The normalized spacial score (nSPS) is 10.7. The monoisotopic (exact) mass is 374 g/mol. The number of benzene rings is 2. The third-order valence-corrected chi connectivity index (χ3v) is 4.29. The molecule has 0 aliphatic rings. The van der Waals surface area contributed by atoms with Gasteiger partial charge in [-0.15, -0.1) is 0 Å². The highest BCUT2D eigenvalue weighted by atomic mass is 35.5. The predicted octanol–water partition coefficient (Wildman–Crippen LogP) is 5.46. The van der Waals surface area contributed by atoms with E-state index in [4.69, 9.17) is 21.1 Å². The molecule has 0 unspecified atom stereocenters. The zero-order valence-electron chi connectivity index (χ0n) is 15.3. The molecule has 2 aromatic rings. The molecule has 0 amide bonds. The van der Waals surface area contributed by atoms with Crippen LogP contribution in [0, 0.1) is 12.8 Å². The first-order chi connectivity index (χ1) is 12.4. The Balaban J connectivity index is 2.08. The van der Waals surface area contributed by atoms with Crippen molar-refractivity contribution in [3.8, 4) is 5.75 Å². The maximum absolute atomic E-state index is 12.5. The summed E-state index contributed by atoms with van der Waals surface area (Å²) in [4.78, 5) is 24.8. The van der Waals surface area contributed by atoms with Crippen LogP contribution in [0.25, 0.3) is 0 Å². The van der Waals surface area contributed by atoms with E-state index in [9.17, 15) is 9.59 Å². The van der Waals surface area contributed by atoms with Crippen LogP contribution < -0.4 is 4.74 Å². The third-order valence-electron chi connectivity index (χ3n) is 3.87. The lowest BCUT2D eigenvalue weighted by Gasteiger charge is -2.10. The number of esters is 2. The van der Waals surface area contributed by atoms with Gasteiger partial charge in [0.25, 0.3) is 0 Å². The number of rotatable bonds is 7. The molecule has 0 spiro atoms. The number of ether oxygens (including phenoxy) is 2. The third kappa shape index (κ3) is 5.60. The van der Waals surface area contributed by atoms with Crippen molar-refractivity contribution in [2.45, 2.75) is 33.6 Å². The molecule has 2 aromatic carbocycles. The Kier molecular flexibility index (Phi) is 7.22. The highest BCUT2D eigenvalue weighted by Crippen LogP contribution is 2.22. The van der Waals surface area contributed by atoms with Crippen molar-refractivity contribution in [1.29, 1.82) is 0 Å². The minimum atomic E-state index is -0.610. The van der Waals surface area contributed by atoms with E-state index in [0.717, 1.165) is 18.4 Å². The van der Waals surface area contributed by atoms with E-state index in [1.807, 2.05) is 6.92 Å². The Morgan fingerprint density at radius 1 is 1.04 bits per heavy atom. The van der Waals surface area contributed by atoms with Gasteiger partial charge >= 0.3 is 11.9 Å². The quantitative estimate of drug-likeness (QED) is 0.367. The molecular weight excluding hydrogens is 352 g/mol. The molecule has 0 N–H and O–H groups in total. The zero-order chi connectivity index (χ0) is 19.1. The number of hydrogen-bond acceptors (Lipinski definition) is 4. The lowest BCUT2D eigenvalue weighted by Crippen LogP contribution is -2.16. The highest BCUT2D eigenvalue weighted by molar-refractivity contribution is 6.31. The van der Waals surface area contributed by atoms with E-state index < -0.39 is 11.9 Å². The Morgan fingerprint density at radius 2 is 1.69 bits per heavy atom. The van der Waals surface area contributed by atoms with Crippen LogP contribution in [-0.2, 0) is 4.74 Å². The molecule has 0 fully saturated rings. The van der Waals surface area contributed by atoms with Gasteiger partial charge < -0.3 is 9.47 Å². The molecule has 4 nitrogen and oxygen atoms in total. The molecule has 2 rings (SSSR count). The fraction of sp³-hybridized carbons (Fsp3) is 0.333. The first-order valence-electron chi connectivity index (χ1n) is 8.63. The number of carbonyl (C=O) groups excluding carboxylic acids is 2. The number of hydrogen-bond donors (Lipinski definition) is 0. The lowest BCUT2D eigenvalue weighted by atomic mass is 10.1. The van der Waals surface area contributed by atoms with Crippen LogP contribution in [0.2, 0.25) is 5.02 Å². The van der Waals surface area contributed by atoms with Crippen molar-refractivity contribution < 1.29 is 19.1 Å². The minimum absolute atomic E-state index is 0.175. The molecular formula is C21H23ClO4. The fourth-order valence-corrected chi connectivity index (χ4v) is 2.53. The van der Waals surface area contributed by atoms with Crippen molar-refractivity contribution in [3.63, 3.8) is 0 Å². The van der Waals surface area contributed by atoms with E-state index >= 15 is 0 Å². The van der Waals surface area contributed by atoms with Gasteiger partial charge in [0.05, 0.1) is 17.7 Å². The summed E-state index contributed by atoms with van der Waals surface area (Å²) < 4.78 is 10.7. The Labute approximate surface area is 159 Å². The Bertz CT molecular complexity index is 783. The van der Waals surface area contributed by atoms with Crippen LogP contribution in [0.5, 0.6) is 5.75 Å². The highest BCUT2D eigenvalue weighted by Gasteiger charge is 2.19. The standard InChI is InChI=1S/C21H23ClO4/c1-14(2)7-6-12-25-20(23)17-8-4-5-9-18(17)21(24)26-16-10-11-19(22)15(3)13-16/h4-5,8-11,13-14H,6-7,12H2,1-3H3. The van der Waals surface area contributed by atoms with Crippen LogP contribution in [0.3, 0.4) is 0 Å². The summed E-state index contributed by atoms with van der Waals surface area (Å²) in [6, 6.07) is 11.4. The van der Waals surface area contributed by atoms with Gasteiger partial charge in [0, 0.05) is 5.02 Å². The van der Waals surface area contributed by atoms with E-state index in [-0.39, 0.29) is 11.1 Å². The molecule has 0 saturated carbocycles. The minimum Gasteiger partial charge on any atom is -0.462 e. The summed E-state index contributed by atoms with van der Waals surface area (Å²) in [5, 5.41) is 0.593. The van der Waals surface area contributed by atoms with Crippen LogP contribution in [0.1, 0.15) is 53.0 Å². The largest absolute Gasteiger partial charge is 0.462 e. The van der Waals surface area contributed by atoms with Crippen LogP contribution >= 0.6 is 11.6 Å². The topological polar surface area (TPSA) is 52.6 Å². The van der Waals surface area contributed by atoms with Gasteiger partial charge in [-0.1, -0.05) is 37.6 Å². The summed E-state index contributed by atoms with van der Waals surface area (Å²) in [5.41, 5.74) is 1.18. The molecule has 0 aliphatic carbocycles. The van der Waals surface area contributed by atoms with Crippen molar-refractivity contribution >= 4 is 23.5 Å².